The standard InChI is InChI=1S/C28H26O4/c29-24-14-11-20(12-15-24)7-8-22-4-2-6-26(18-22)32-28-16-13-23(19-27(28)31)10-9-21-3-1-5-25(30)17-21/h1-6,11-19,29-31H,7-10H2. The number of hydrogen-bond donors (Lipinski definition) is 3. The SMILES string of the molecule is Oc1ccc(CCc2cccc(Oc3ccc(CCc4cccc(O)c4)cc3O)c2)cc1. The fourth-order valence-electron chi connectivity index (χ4n) is 3.65. The molecule has 0 fully saturated rings. The van der Waals surface area contributed by atoms with E-state index in [-0.39, 0.29) is 17.2 Å². The Morgan fingerprint density at radius 3 is 1.78 bits per heavy atom. The summed E-state index contributed by atoms with van der Waals surface area (Å²) in [6, 6.07) is 27.8. The Hall–Kier alpha value is -3.92. The first kappa shape index (κ1) is 21.3. The topological polar surface area (TPSA) is 69.9 Å². The number of aryl methyl sites for hydroxylation is 4. The van der Waals surface area contributed by atoms with Gasteiger partial charge in [0.05, 0.1) is 0 Å². The van der Waals surface area contributed by atoms with Crippen LogP contribution in [-0.4, -0.2) is 15.3 Å². The third kappa shape index (κ3) is 5.82. The van der Waals surface area contributed by atoms with Gasteiger partial charge in [0.15, 0.2) is 11.5 Å². The first-order valence-electron chi connectivity index (χ1n) is 10.7. The molecule has 0 aliphatic rings. The van der Waals surface area contributed by atoms with E-state index in [4.69, 9.17) is 4.74 Å². The summed E-state index contributed by atoms with van der Waals surface area (Å²) in [7, 11) is 0. The van der Waals surface area contributed by atoms with Gasteiger partial charge in [0.25, 0.3) is 0 Å². The van der Waals surface area contributed by atoms with Crippen LogP contribution in [0, 0.1) is 0 Å². The molecule has 162 valence electrons. The van der Waals surface area contributed by atoms with Gasteiger partial charge in [-0.3, -0.25) is 0 Å². The number of aromatic hydroxyl groups is 3. The molecule has 0 bridgehead atoms. The van der Waals surface area contributed by atoms with E-state index in [2.05, 4.69) is 6.07 Å². The van der Waals surface area contributed by atoms with E-state index in [0.29, 0.717) is 11.5 Å². The lowest BCUT2D eigenvalue weighted by Gasteiger charge is -2.11. The highest BCUT2D eigenvalue weighted by Crippen LogP contribution is 2.32. The summed E-state index contributed by atoms with van der Waals surface area (Å²) >= 11 is 0. The highest BCUT2D eigenvalue weighted by Gasteiger charge is 2.07. The number of rotatable bonds is 8. The molecule has 0 amide bonds. The van der Waals surface area contributed by atoms with E-state index >= 15 is 0 Å². The fourth-order valence-corrected chi connectivity index (χ4v) is 3.65. The van der Waals surface area contributed by atoms with Crippen molar-refractivity contribution in [3.05, 3.63) is 113 Å². The third-order valence-electron chi connectivity index (χ3n) is 5.40. The summed E-state index contributed by atoms with van der Waals surface area (Å²) in [6.07, 6.45) is 3.24. The van der Waals surface area contributed by atoms with E-state index in [1.807, 2.05) is 48.5 Å². The van der Waals surface area contributed by atoms with Crippen molar-refractivity contribution in [1.82, 2.24) is 0 Å². The van der Waals surface area contributed by atoms with Crippen LogP contribution in [0.3, 0.4) is 0 Å². The zero-order valence-corrected chi connectivity index (χ0v) is 17.7. The predicted molar refractivity (Wildman–Crippen MR) is 126 cm³/mol. The minimum absolute atomic E-state index is 0.105. The van der Waals surface area contributed by atoms with Crippen LogP contribution < -0.4 is 4.74 Å². The lowest BCUT2D eigenvalue weighted by molar-refractivity contribution is 0.410. The molecule has 0 unspecified atom stereocenters. The van der Waals surface area contributed by atoms with Gasteiger partial charge in [0.2, 0.25) is 0 Å². The van der Waals surface area contributed by atoms with Crippen molar-refractivity contribution in [2.45, 2.75) is 25.7 Å². The van der Waals surface area contributed by atoms with Gasteiger partial charge in [0, 0.05) is 0 Å². The fraction of sp³-hybridized carbons (Fsp3) is 0.143. The van der Waals surface area contributed by atoms with Crippen molar-refractivity contribution in [3.8, 4) is 28.7 Å². The molecule has 0 radical (unpaired) electrons. The summed E-state index contributed by atoms with van der Waals surface area (Å²) in [6.45, 7) is 0. The Balaban J connectivity index is 1.37. The van der Waals surface area contributed by atoms with Crippen molar-refractivity contribution >= 4 is 0 Å². The van der Waals surface area contributed by atoms with Crippen LogP contribution >= 0.6 is 0 Å². The molecule has 4 rings (SSSR count). The largest absolute Gasteiger partial charge is 0.508 e. The van der Waals surface area contributed by atoms with Crippen molar-refractivity contribution in [1.29, 1.82) is 0 Å². The van der Waals surface area contributed by atoms with Crippen LogP contribution in [0.1, 0.15) is 22.3 Å². The first-order chi connectivity index (χ1) is 15.5. The maximum Gasteiger partial charge on any atom is 0.169 e. The third-order valence-corrected chi connectivity index (χ3v) is 5.40. The van der Waals surface area contributed by atoms with Crippen molar-refractivity contribution in [2.24, 2.45) is 0 Å². The van der Waals surface area contributed by atoms with Crippen molar-refractivity contribution < 1.29 is 20.1 Å². The highest BCUT2D eigenvalue weighted by molar-refractivity contribution is 5.45. The maximum absolute atomic E-state index is 10.5. The molecule has 0 spiro atoms. The number of hydrogen-bond acceptors (Lipinski definition) is 4. The van der Waals surface area contributed by atoms with Crippen molar-refractivity contribution in [3.63, 3.8) is 0 Å². The van der Waals surface area contributed by atoms with Crippen LogP contribution in [0.15, 0.2) is 91.0 Å². The lowest BCUT2D eigenvalue weighted by Crippen LogP contribution is -1.94. The molecule has 0 aromatic heterocycles. The minimum atomic E-state index is 0.105. The molecule has 4 nitrogen and oxygen atoms in total. The van der Waals surface area contributed by atoms with Gasteiger partial charge in [-0.15, -0.1) is 0 Å². The molecule has 4 aromatic rings. The monoisotopic (exact) mass is 426 g/mol. The molecule has 4 heteroatoms. The van der Waals surface area contributed by atoms with Gasteiger partial charge in [0.1, 0.15) is 17.2 Å². The van der Waals surface area contributed by atoms with Crippen LogP contribution in [-0.2, 0) is 25.7 Å². The van der Waals surface area contributed by atoms with E-state index in [9.17, 15) is 15.3 Å². The second kappa shape index (κ2) is 9.92. The molecule has 4 aromatic carbocycles. The first-order valence-corrected chi connectivity index (χ1v) is 10.7. The Morgan fingerprint density at radius 2 is 1.09 bits per heavy atom. The summed E-state index contributed by atoms with van der Waals surface area (Å²) in [4.78, 5) is 0. The minimum Gasteiger partial charge on any atom is -0.508 e. The molecule has 0 aliphatic heterocycles. The molecule has 0 heterocycles. The molecule has 0 aliphatic carbocycles. The summed E-state index contributed by atoms with van der Waals surface area (Å²) in [5, 5.41) is 29.4. The summed E-state index contributed by atoms with van der Waals surface area (Å²) < 4.78 is 5.93. The Kier molecular flexibility index (Phi) is 6.61. The van der Waals surface area contributed by atoms with Crippen LogP contribution in [0.2, 0.25) is 0 Å². The second-order valence-electron chi connectivity index (χ2n) is 7.89. The summed E-state index contributed by atoms with van der Waals surface area (Å²) in [5.41, 5.74) is 4.35. The van der Waals surface area contributed by atoms with E-state index in [0.717, 1.165) is 47.9 Å². The highest BCUT2D eigenvalue weighted by atomic mass is 16.5. The average molecular weight is 427 g/mol. The van der Waals surface area contributed by atoms with Gasteiger partial charge in [-0.1, -0.05) is 42.5 Å². The van der Waals surface area contributed by atoms with Crippen molar-refractivity contribution in [2.75, 3.05) is 0 Å². The van der Waals surface area contributed by atoms with E-state index < -0.39 is 0 Å². The number of benzene rings is 4. The van der Waals surface area contributed by atoms with Gasteiger partial charge in [-0.05, 0) is 96.5 Å². The van der Waals surface area contributed by atoms with E-state index in [1.54, 1.807) is 36.4 Å². The van der Waals surface area contributed by atoms with Gasteiger partial charge >= 0.3 is 0 Å². The molecule has 3 N–H and O–H groups in total. The molecule has 0 saturated carbocycles. The Labute approximate surface area is 188 Å². The zero-order chi connectivity index (χ0) is 22.3. The molecule has 32 heavy (non-hydrogen) atoms. The predicted octanol–water partition coefficient (Wildman–Crippen LogP) is 6.17. The number of phenols is 3. The average Bonchev–Trinajstić information content (AvgIpc) is 2.79. The van der Waals surface area contributed by atoms with Gasteiger partial charge in [-0.2, -0.15) is 0 Å². The normalized spacial score (nSPS) is 10.8. The van der Waals surface area contributed by atoms with Crippen LogP contribution in [0.5, 0.6) is 28.7 Å². The number of phenolic OH excluding ortho intramolecular Hbond substituents is 3. The smallest absolute Gasteiger partial charge is 0.169 e. The molecular weight excluding hydrogens is 400 g/mol. The number of ether oxygens (including phenoxy) is 1. The zero-order valence-electron chi connectivity index (χ0n) is 17.7. The Bertz CT molecular complexity index is 1180. The lowest BCUT2D eigenvalue weighted by atomic mass is 10.0. The van der Waals surface area contributed by atoms with E-state index in [1.165, 1.54) is 0 Å². The molecule has 0 saturated heterocycles. The van der Waals surface area contributed by atoms with Gasteiger partial charge in [-0.25, -0.2) is 0 Å². The summed E-state index contributed by atoms with van der Waals surface area (Å²) in [5.74, 6) is 1.74. The quantitative estimate of drug-likeness (QED) is 0.315. The second-order valence-corrected chi connectivity index (χ2v) is 7.89. The molecule has 0 atom stereocenters. The maximum atomic E-state index is 10.5. The Morgan fingerprint density at radius 1 is 0.500 bits per heavy atom. The van der Waals surface area contributed by atoms with Crippen LogP contribution in [0.25, 0.3) is 0 Å². The molecular formula is C28H26O4. The van der Waals surface area contributed by atoms with Crippen LogP contribution in [0.4, 0.5) is 0 Å². The van der Waals surface area contributed by atoms with Gasteiger partial charge < -0.3 is 20.1 Å².